The molecule has 0 unspecified atom stereocenters. The molecule has 0 aliphatic carbocycles. The van der Waals surface area contributed by atoms with Crippen molar-refractivity contribution in [3.63, 3.8) is 0 Å². The number of ketones is 1. The van der Waals surface area contributed by atoms with Crippen LogP contribution < -0.4 is 9.47 Å². The number of hydrogen-bond acceptors (Lipinski definition) is 3. The molecule has 0 saturated carbocycles. The SMILES string of the molecule is CCOc1ccc(C(C)=O)cc1COc1cccc(C)c1C. The summed E-state index contributed by atoms with van der Waals surface area (Å²) in [5.41, 5.74) is 3.88. The van der Waals surface area contributed by atoms with Gasteiger partial charge in [-0.3, -0.25) is 4.79 Å². The molecule has 0 N–H and O–H groups in total. The van der Waals surface area contributed by atoms with Gasteiger partial charge in [0.15, 0.2) is 5.78 Å². The van der Waals surface area contributed by atoms with Crippen LogP contribution in [0.25, 0.3) is 0 Å². The summed E-state index contributed by atoms with van der Waals surface area (Å²) in [7, 11) is 0. The highest BCUT2D eigenvalue weighted by atomic mass is 16.5. The number of carbonyl (C=O) groups excluding carboxylic acids is 1. The Balaban J connectivity index is 2.25. The van der Waals surface area contributed by atoms with Crippen LogP contribution in [0.4, 0.5) is 0 Å². The van der Waals surface area contributed by atoms with Crippen LogP contribution in [0, 0.1) is 13.8 Å². The Hall–Kier alpha value is -2.29. The summed E-state index contributed by atoms with van der Waals surface area (Å²) in [5.74, 6) is 1.66. The lowest BCUT2D eigenvalue weighted by Crippen LogP contribution is -2.04. The molecule has 0 bridgehead atoms. The van der Waals surface area contributed by atoms with Crippen LogP contribution >= 0.6 is 0 Å². The lowest BCUT2D eigenvalue weighted by molar-refractivity contribution is 0.101. The number of rotatable bonds is 6. The summed E-state index contributed by atoms with van der Waals surface area (Å²) < 4.78 is 11.6. The fourth-order valence-corrected chi connectivity index (χ4v) is 2.24. The Morgan fingerprint density at radius 2 is 1.82 bits per heavy atom. The third kappa shape index (κ3) is 3.67. The zero-order chi connectivity index (χ0) is 16.1. The maximum atomic E-state index is 11.6. The first-order valence-corrected chi connectivity index (χ1v) is 7.48. The van der Waals surface area contributed by atoms with Gasteiger partial charge in [-0.05, 0) is 63.1 Å². The van der Waals surface area contributed by atoms with Crippen LogP contribution in [-0.2, 0) is 6.61 Å². The smallest absolute Gasteiger partial charge is 0.159 e. The first-order valence-electron chi connectivity index (χ1n) is 7.48. The van der Waals surface area contributed by atoms with E-state index >= 15 is 0 Å². The second-order valence-corrected chi connectivity index (χ2v) is 5.30. The van der Waals surface area contributed by atoms with Gasteiger partial charge in [0, 0.05) is 11.1 Å². The highest BCUT2D eigenvalue weighted by Crippen LogP contribution is 2.25. The van der Waals surface area contributed by atoms with Crippen LogP contribution in [0.5, 0.6) is 11.5 Å². The number of Topliss-reactive ketones (excluding diaryl/α,β-unsaturated/α-hetero) is 1. The Labute approximate surface area is 131 Å². The highest BCUT2D eigenvalue weighted by Gasteiger charge is 2.10. The summed E-state index contributed by atoms with van der Waals surface area (Å²) in [4.78, 5) is 11.6. The van der Waals surface area contributed by atoms with E-state index in [2.05, 4.69) is 13.0 Å². The van der Waals surface area contributed by atoms with Crippen molar-refractivity contribution in [3.8, 4) is 11.5 Å². The number of ether oxygens (including phenoxy) is 2. The molecule has 0 aromatic heterocycles. The van der Waals surface area contributed by atoms with Crippen LogP contribution in [0.1, 0.15) is 40.9 Å². The van der Waals surface area contributed by atoms with Gasteiger partial charge in [0.1, 0.15) is 18.1 Å². The third-order valence-electron chi connectivity index (χ3n) is 3.70. The molecule has 0 spiro atoms. The van der Waals surface area contributed by atoms with Crippen molar-refractivity contribution in [2.45, 2.75) is 34.3 Å². The van der Waals surface area contributed by atoms with E-state index in [0.717, 1.165) is 22.6 Å². The lowest BCUT2D eigenvalue weighted by Gasteiger charge is -2.14. The molecule has 2 aromatic carbocycles. The molecule has 0 amide bonds. The Bertz CT molecular complexity index is 674. The summed E-state index contributed by atoms with van der Waals surface area (Å²) >= 11 is 0. The standard InChI is InChI=1S/C19H22O3/c1-5-21-19-10-9-16(15(4)20)11-17(19)12-22-18-8-6-7-13(2)14(18)3/h6-11H,5,12H2,1-4H3. The van der Waals surface area contributed by atoms with Gasteiger partial charge in [0.05, 0.1) is 6.61 Å². The van der Waals surface area contributed by atoms with E-state index in [-0.39, 0.29) is 5.78 Å². The van der Waals surface area contributed by atoms with Gasteiger partial charge in [-0.25, -0.2) is 0 Å². The monoisotopic (exact) mass is 298 g/mol. The molecular weight excluding hydrogens is 276 g/mol. The van der Waals surface area contributed by atoms with E-state index in [4.69, 9.17) is 9.47 Å². The third-order valence-corrected chi connectivity index (χ3v) is 3.70. The average Bonchev–Trinajstić information content (AvgIpc) is 2.50. The zero-order valence-electron chi connectivity index (χ0n) is 13.6. The van der Waals surface area contributed by atoms with Crippen molar-refractivity contribution in [2.24, 2.45) is 0 Å². The molecule has 0 saturated heterocycles. The Morgan fingerprint density at radius 1 is 1.05 bits per heavy atom. The largest absolute Gasteiger partial charge is 0.493 e. The molecule has 0 aliphatic heterocycles. The molecule has 3 heteroatoms. The normalized spacial score (nSPS) is 10.4. The van der Waals surface area contributed by atoms with Gasteiger partial charge in [-0.1, -0.05) is 12.1 Å². The van der Waals surface area contributed by atoms with E-state index in [0.29, 0.717) is 18.8 Å². The summed E-state index contributed by atoms with van der Waals surface area (Å²) in [6, 6.07) is 11.5. The van der Waals surface area contributed by atoms with Crippen molar-refractivity contribution in [3.05, 3.63) is 58.7 Å². The quantitative estimate of drug-likeness (QED) is 0.737. The minimum atomic E-state index is 0.0380. The van der Waals surface area contributed by atoms with Gasteiger partial charge in [-0.15, -0.1) is 0 Å². The van der Waals surface area contributed by atoms with Crippen molar-refractivity contribution >= 4 is 5.78 Å². The summed E-state index contributed by atoms with van der Waals surface area (Å²) in [6.45, 7) is 8.56. The van der Waals surface area contributed by atoms with Gasteiger partial charge >= 0.3 is 0 Å². The van der Waals surface area contributed by atoms with Gasteiger partial charge < -0.3 is 9.47 Å². The van der Waals surface area contributed by atoms with Gasteiger partial charge in [0.25, 0.3) is 0 Å². The number of hydrogen-bond donors (Lipinski definition) is 0. The topological polar surface area (TPSA) is 35.5 Å². The van der Waals surface area contributed by atoms with Crippen LogP contribution in [0.3, 0.4) is 0 Å². The Kier molecular flexibility index (Phi) is 5.21. The predicted octanol–water partition coefficient (Wildman–Crippen LogP) is 4.48. The second-order valence-electron chi connectivity index (χ2n) is 5.30. The molecule has 0 atom stereocenters. The van der Waals surface area contributed by atoms with Crippen molar-refractivity contribution in [1.29, 1.82) is 0 Å². The first-order chi connectivity index (χ1) is 10.5. The molecule has 2 aromatic rings. The lowest BCUT2D eigenvalue weighted by atomic mass is 10.1. The fraction of sp³-hybridized carbons (Fsp3) is 0.316. The van der Waals surface area contributed by atoms with Gasteiger partial charge in [0.2, 0.25) is 0 Å². The summed E-state index contributed by atoms with van der Waals surface area (Å²) in [6.07, 6.45) is 0. The number of benzene rings is 2. The van der Waals surface area contributed by atoms with Crippen LogP contribution in [-0.4, -0.2) is 12.4 Å². The molecule has 22 heavy (non-hydrogen) atoms. The minimum absolute atomic E-state index is 0.0380. The fourth-order valence-electron chi connectivity index (χ4n) is 2.24. The van der Waals surface area contributed by atoms with E-state index in [1.54, 1.807) is 13.0 Å². The molecular formula is C19H22O3. The minimum Gasteiger partial charge on any atom is -0.493 e. The molecule has 3 nitrogen and oxygen atoms in total. The maximum Gasteiger partial charge on any atom is 0.159 e. The predicted molar refractivity (Wildman–Crippen MR) is 87.9 cm³/mol. The maximum absolute atomic E-state index is 11.6. The Morgan fingerprint density at radius 3 is 2.50 bits per heavy atom. The zero-order valence-corrected chi connectivity index (χ0v) is 13.6. The molecule has 0 radical (unpaired) electrons. The molecule has 2 rings (SSSR count). The average molecular weight is 298 g/mol. The van der Waals surface area contributed by atoms with Crippen molar-refractivity contribution in [2.75, 3.05) is 6.61 Å². The molecule has 116 valence electrons. The molecule has 0 aliphatic rings. The van der Waals surface area contributed by atoms with Gasteiger partial charge in [-0.2, -0.15) is 0 Å². The van der Waals surface area contributed by atoms with E-state index in [1.807, 2.05) is 38.1 Å². The van der Waals surface area contributed by atoms with Crippen molar-refractivity contribution < 1.29 is 14.3 Å². The van der Waals surface area contributed by atoms with Crippen LogP contribution in [0.2, 0.25) is 0 Å². The van der Waals surface area contributed by atoms with Crippen LogP contribution in [0.15, 0.2) is 36.4 Å². The highest BCUT2D eigenvalue weighted by molar-refractivity contribution is 5.94. The van der Waals surface area contributed by atoms with Crippen molar-refractivity contribution in [1.82, 2.24) is 0 Å². The molecule has 0 fully saturated rings. The second kappa shape index (κ2) is 7.12. The van der Waals surface area contributed by atoms with E-state index < -0.39 is 0 Å². The number of aryl methyl sites for hydroxylation is 1. The first kappa shape index (κ1) is 16.1. The number of carbonyl (C=O) groups is 1. The van der Waals surface area contributed by atoms with E-state index in [1.165, 1.54) is 5.56 Å². The summed E-state index contributed by atoms with van der Waals surface area (Å²) in [5, 5.41) is 0. The van der Waals surface area contributed by atoms with E-state index in [9.17, 15) is 4.79 Å². The molecule has 0 heterocycles.